The molecule has 114 valence electrons. The van der Waals surface area contributed by atoms with E-state index in [1.54, 1.807) is 6.26 Å². The summed E-state index contributed by atoms with van der Waals surface area (Å²) in [6, 6.07) is 11.0. The predicted octanol–water partition coefficient (Wildman–Crippen LogP) is 4.17. The summed E-state index contributed by atoms with van der Waals surface area (Å²) >= 11 is 3.47. The quantitative estimate of drug-likeness (QED) is 0.812. The lowest BCUT2D eigenvalue weighted by molar-refractivity contribution is 0.314. The van der Waals surface area contributed by atoms with Gasteiger partial charge in [-0.1, -0.05) is 41.9 Å². The Morgan fingerprint density at radius 3 is 2.52 bits per heavy atom. The number of furan rings is 1. The highest BCUT2D eigenvalue weighted by Crippen LogP contribution is 2.16. The third kappa shape index (κ3) is 5.30. The number of halogens is 1. The fourth-order valence-corrected chi connectivity index (χ4v) is 2.47. The molecule has 0 atom stereocenters. The Morgan fingerprint density at radius 2 is 1.86 bits per heavy atom. The van der Waals surface area contributed by atoms with E-state index in [0.29, 0.717) is 6.04 Å². The average molecular weight is 351 g/mol. The first-order valence-corrected chi connectivity index (χ1v) is 8.05. The number of hydrogen-bond donors (Lipinski definition) is 1. The number of hydrogen-bond acceptors (Lipinski definition) is 3. The fourth-order valence-electron chi connectivity index (χ4n) is 2.21. The van der Waals surface area contributed by atoms with Crippen molar-refractivity contribution in [2.75, 3.05) is 7.05 Å². The highest BCUT2D eigenvalue weighted by Gasteiger charge is 2.10. The monoisotopic (exact) mass is 350 g/mol. The molecule has 1 aromatic heterocycles. The summed E-state index contributed by atoms with van der Waals surface area (Å²) < 4.78 is 6.70. The molecule has 0 unspecified atom stereocenters. The van der Waals surface area contributed by atoms with Crippen molar-refractivity contribution >= 4 is 15.9 Å². The van der Waals surface area contributed by atoms with Crippen LogP contribution in [0.5, 0.6) is 0 Å². The molecule has 0 fully saturated rings. The van der Waals surface area contributed by atoms with E-state index in [1.807, 2.05) is 0 Å². The van der Waals surface area contributed by atoms with Crippen molar-refractivity contribution in [1.29, 1.82) is 0 Å². The third-order valence-electron chi connectivity index (χ3n) is 3.31. The van der Waals surface area contributed by atoms with Crippen molar-refractivity contribution in [3.63, 3.8) is 0 Å². The summed E-state index contributed by atoms with van der Waals surface area (Å²) in [5.74, 6) is 1.03. The molecule has 4 heteroatoms. The van der Waals surface area contributed by atoms with Gasteiger partial charge in [-0.15, -0.1) is 0 Å². The molecule has 0 saturated heterocycles. The molecule has 0 bridgehead atoms. The van der Waals surface area contributed by atoms with E-state index in [4.69, 9.17) is 4.42 Å². The Bertz CT molecular complexity index is 548. The molecule has 1 aromatic carbocycles. The van der Waals surface area contributed by atoms with Crippen LogP contribution in [0, 0.1) is 0 Å². The summed E-state index contributed by atoms with van der Waals surface area (Å²) in [7, 11) is 2.13. The van der Waals surface area contributed by atoms with Gasteiger partial charge in [-0.3, -0.25) is 4.90 Å². The van der Waals surface area contributed by atoms with Crippen LogP contribution < -0.4 is 5.32 Å². The predicted molar refractivity (Wildman–Crippen MR) is 90.0 cm³/mol. The molecular formula is C17H23BrN2O. The van der Waals surface area contributed by atoms with Crippen LogP contribution >= 0.6 is 15.9 Å². The minimum Gasteiger partial charge on any atom is -0.468 e. The molecule has 0 aliphatic rings. The Morgan fingerprint density at radius 1 is 1.14 bits per heavy atom. The average Bonchev–Trinajstić information content (AvgIpc) is 2.86. The van der Waals surface area contributed by atoms with Gasteiger partial charge in [0, 0.05) is 29.2 Å². The molecule has 0 radical (unpaired) electrons. The maximum Gasteiger partial charge on any atom is 0.122 e. The summed E-state index contributed by atoms with van der Waals surface area (Å²) in [5.41, 5.74) is 2.56. The van der Waals surface area contributed by atoms with Crippen molar-refractivity contribution < 1.29 is 4.42 Å². The molecule has 2 rings (SSSR count). The molecule has 2 aromatic rings. The van der Waals surface area contributed by atoms with Gasteiger partial charge >= 0.3 is 0 Å². The number of nitrogens with one attached hydrogen (secondary N) is 1. The maximum absolute atomic E-state index is 5.59. The smallest absolute Gasteiger partial charge is 0.122 e. The lowest BCUT2D eigenvalue weighted by Gasteiger charge is -2.17. The summed E-state index contributed by atoms with van der Waals surface area (Å²) in [6.45, 7) is 6.88. The van der Waals surface area contributed by atoms with Crippen LogP contribution in [0.2, 0.25) is 0 Å². The second kappa shape index (κ2) is 7.78. The van der Waals surface area contributed by atoms with E-state index in [2.05, 4.69) is 77.4 Å². The van der Waals surface area contributed by atoms with Crippen LogP contribution in [0.25, 0.3) is 0 Å². The topological polar surface area (TPSA) is 28.4 Å². The SMILES string of the molecule is CC(C)NCc1occc1CN(C)Cc1ccc(Br)cc1. The van der Waals surface area contributed by atoms with Gasteiger partial charge in [0.15, 0.2) is 0 Å². The standard InChI is InChI=1S/C17H23BrN2O/c1-13(2)19-10-17-15(8-9-21-17)12-20(3)11-14-4-6-16(18)7-5-14/h4-9,13,19H,10-12H2,1-3H3. The number of rotatable bonds is 7. The Kier molecular flexibility index (Phi) is 6.03. The van der Waals surface area contributed by atoms with E-state index < -0.39 is 0 Å². The lowest BCUT2D eigenvalue weighted by Crippen LogP contribution is -2.23. The Labute approximate surface area is 135 Å². The van der Waals surface area contributed by atoms with Gasteiger partial charge in [0.05, 0.1) is 12.8 Å². The number of benzene rings is 1. The van der Waals surface area contributed by atoms with Gasteiger partial charge in [0.25, 0.3) is 0 Å². The van der Waals surface area contributed by atoms with Gasteiger partial charge in [0.2, 0.25) is 0 Å². The van der Waals surface area contributed by atoms with E-state index in [1.165, 1.54) is 11.1 Å². The molecule has 0 spiro atoms. The van der Waals surface area contributed by atoms with Gasteiger partial charge in [0.1, 0.15) is 5.76 Å². The maximum atomic E-state index is 5.59. The van der Waals surface area contributed by atoms with E-state index in [-0.39, 0.29) is 0 Å². The Hall–Kier alpha value is -1.10. The second-order valence-corrected chi connectivity index (χ2v) is 6.62. The second-order valence-electron chi connectivity index (χ2n) is 5.70. The summed E-state index contributed by atoms with van der Waals surface area (Å²) in [5, 5.41) is 3.40. The van der Waals surface area contributed by atoms with Crippen molar-refractivity contribution in [3.8, 4) is 0 Å². The van der Waals surface area contributed by atoms with Crippen LogP contribution in [0.3, 0.4) is 0 Å². The van der Waals surface area contributed by atoms with Gasteiger partial charge < -0.3 is 9.73 Å². The molecule has 0 aliphatic carbocycles. The molecule has 0 amide bonds. The minimum absolute atomic E-state index is 0.462. The minimum atomic E-state index is 0.462. The third-order valence-corrected chi connectivity index (χ3v) is 3.84. The normalized spacial score (nSPS) is 11.5. The first kappa shape index (κ1) is 16.3. The molecule has 3 nitrogen and oxygen atoms in total. The highest BCUT2D eigenvalue weighted by molar-refractivity contribution is 9.10. The molecule has 21 heavy (non-hydrogen) atoms. The zero-order valence-corrected chi connectivity index (χ0v) is 14.5. The summed E-state index contributed by atoms with van der Waals surface area (Å²) in [6.07, 6.45) is 1.78. The van der Waals surface area contributed by atoms with E-state index >= 15 is 0 Å². The van der Waals surface area contributed by atoms with Crippen LogP contribution in [-0.2, 0) is 19.6 Å². The fraction of sp³-hybridized carbons (Fsp3) is 0.412. The van der Waals surface area contributed by atoms with Gasteiger partial charge in [-0.2, -0.15) is 0 Å². The first-order chi connectivity index (χ1) is 10.0. The van der Waals surface area contributed by atoms with Crippen LogP contribution in [0.15, 0.2) is 45.5 Å². The lowest BCUT2D eigenvalue weighted by atomic mass is 10.2. The van der Waals surface area contributed by atoms with E-state index in [9.17, 15) is 0 Å². The van der Waals surface area contributed by atoms with E-state index in [0.717, 1.165) is 29.9 Å². The number of nitrogens with zero attached hydrogens (tertiary/aromatic N) is 1. The van der Waals surface area contributed by atoms with Crippen LogP contribution in [0.1, 0.15) is 30.7 Å². The van der Waals surface area contributed by atoms with Crippen LogP contribution in [0.4, 0.5) is 0 Å². The summed E-state index contributed by atoms with van der Waals surface area (Å²) in [4.78, 5) is 2.30. The van der Waals surface area contributed by atoms with Crippen molar-refractivity contribution in [3.05, 3.63) is 58.0 Å². The van der Waals surface area contributed by atoms with Crippen molar-refractivity contribution in [2.24, 2.45) is 0 Å². The molecule has 0 aliphatic heterocycles. The molecule has 1 heterocycles. The van der Waals surface area contributed by atoms with Gasteiger partial charge in [-0.25, -0.2) is 0 Å². The van der Waals surface area contributed by atoms with Gasteiger partial charge in [-0.05, 0) is 30.8 Å². The van der Waals surface area contributed by atoms with Crippen LogP contribution in [-0.4, -0.2) is 18.0 Å². The zero-order chi connectivity index (χ0) is 15.2. The largest absolute Gasteiger partial charge is 0.468 e. The highest BCUT2D eigenvalue weighted by atomic mass is 79.9. The molecule has 0 saturated carbocycles. The zero-order valence-electron chi connectivity index (χ0n) is 12.9. The molecule has 1 N–H and O–H groups in total. The van der Waals surface area contributed by atoms with Crippen molar-refractivity contribution in [1.82, 2.24) is 10.2 Å². The van der Waals surface area contributed by atoms with Crippen molar-refractivity contribution in [2.45, 2.75) is 39.5 Å². The Balaban J connectivity index is 1.91. The molecular weight excluding hydrogens is 328 g/mol. The first-order valence-electron chi connectivity index (χ1n) is 7.26.